The Bertz CT molecular complexity index is 211. The fraction of sp³-hybridized carbons (Fsp3) is 0.571. The molecule has 0 spiro atoms. The number of benzene rings is 1. The Morgan fingerprint density at radius 2 is 1.33 bits per heavy atom. The Morgan fingerprint density at radius 1 is 0.933 bits per heavy atom. The number of rotatable bonds is 2. The molecule has 15 heavy (non-hydrogen) atoms. The fourth-order valence-electron chi connectivity index (χ4n) is 0.989. The quantitative estimate of drug-likeness (QED) is 0.661. The maximum absolute atomic E-state index is 5.05. The summed E-state index contributed by atoms with van der Waals surface area (Å²) in [6.45, 7) is 8.36. The lowest BCUT2D eigenvalue weighted by molar-refractivity contribution is 0.414. The Labute approximate surface area is 96.5 Å². The summed E-state index contributed by atoms with van der Waals surface area (Å²) in [4.78, 5) is 0. The maximum atomic E-state index is 5.05. The minimum absolute atomic E-state index is 0. The molecule has 0 aliphatic rings. The monoisotopic (exact) mass is 212 g/mol. The van der Waals surface area contributed by atoms with Crippen LogP contribution in [0.4, 0.5) is 0 Å². The van der Waals surface area contributed by atoms with Crippen LogP contribution in [0.3, 0.4) is 0 Å². The molecule has 1 nitrogen and oxygen atoms in total. The molecule has 0 unspecified atom stereocenters. The molecule has 1 heteroatoms. The first-order chi connectivity index (χ1) is 6.24. The average molecular weight is 212 g/mol. The normalized spacial score (nSPS) is 7.87. The number of methoxy groups -OCH3 is 1. The molecule has 0 atom stereocenters. The van der Waals surface area contributed by atoms with E-state index in [9.17, 15) is 0 Å². The predicted octanol–water partition coefficient (Wildman–Crippen LogP) is 5.12. The standard InChI is InChI=1S/C10H14O.C2H6.2CH4/c1-8(2)9-4-6-10(11-3)7-5-9;1-2;;/h4-8H,1-3H3;1-2H3;2*1H4. The van der Waals surface area contributed by atoms with Crippen molar-refractivity contribution in [3.63, 3.8) is 0 Å². The van der Waals surface area contributed by atoms with E-state index in [4.69, 9.17) is 4.74 Å². The Hall–Kier alpha value is -0.980. The van der Waals surface area contributed by atoms with Gasteiger partial charge in [-0.1, -0.05) is 54.7 Å². The molecule has 1 rings (SSSR count). The van der Waals surface area contributed by atoms with Crippen molar-refractivity contribution in [2.75, 3.05) is 7.11 Å². The Balaban J connectivity index is -0.000000339. The lowest BCUT2D eigenvalue weighted by Gasteiger charge is -2.05. The van der Waals surface area contributed by atoms with Crippen LogP contribution in [-0.2, 0) is 0 Å². The van der Waals surface area contributed by atoms with Crippen molar-refractivity contribution in [1.29, 1.82) is 0 Å². The van der Waals surface area contributed by atoms with Crippen molar-refractivity contribution in [3.05, 3.63) is 29.8 Å². The van der Waals surface area contributed by atoms with Gasteiger partial charge in [0, 0.05) is 0 Å². The summed E-state index contributed by atoms with van der Waals surface area (Å²) in [5, 5.41) is 0. The molecule has 0 heterocycles. The molecule has 90 valence electrons. The topological polar surface area (TPSA) is 9.23 Å². The van der Waals surface area contributed by atoms with Crippen molar-refractivity contribution < 1.29 is 4.74 Å². The van der Waals surface area contributed by atoms with Crippen molar-refractivity contribution in [3.8, 4) is 5.75 Å². The minimum atomic E-state index is 0. The highest BCUT2D eigenvalue weighted by molar-refractivity contribution is 5.28. The molecule has 0 aliphatic heterocycles. The average Bonchev–Trinajstić information content (AvgIpc) is 2.21. The van der Waals surface area contributed by atoms with Gasteiger partial charge < -0.3 is 4.74 Å². The van der Waals surface area contributed by atoms with Gasteiger partial charge in [-0.2, -0.15) is 0 Å². The van der Waals surface area contributed by atoms with E-state index < -0.39 is 0 Å². The lowest BCUT2D eigenvalue weighted by Crippen LogP contribution is -1.87. The first kappa shape index (κ1) is 19.6. The van der Waals surface area contributed by atoms with Gasteiger partial charge in [-0.3, -0.25) is 0 Å². The van der Waals surface area contributed by atoms with Crippen LogP contribution in [0.15, 0.2) is 24.3 Å². The SMILES string of the molecule is C.C.CC.COc1ccc(C(C)C)cc1. The first-order valence-corrected chi connectivity index (χ1v) is 4.88. The van der Waals surface area contributed by atoms with Crippen LogP contribution in [0.25, 0.3) is 0 Å². The van der Waals surface area contributed by atoms with Gasteiger partial charge >= 0.3 is 0 Å². The summed E-state index contributed by atoms with van der Waals surface area (Å²) in [6.07, 6.45) is 0. The molecule has 0 aliphatic carbocycles. The van der Waals surface area contributed by atoms with E-state index >= 15 is 0 Å². The van der Waals surface area contributed by atoms with Gasteiger partial charge in [-0.25, -0.2) is 0 Å². The van der Waals surface area contributed by atoms with E-state index in [1.807, 2.05) is 26.0 Å². The molecule has 1 aromatic rings. The highest BCUT2D eigenvalue weighted by Crippen LogP contribution is 2.17. The van der Waals surface area contributed by atoms with Crippen LogP contribution >= 0.6 is 0 Å². The van der Waals surface area contributed by atoms with Crippen LogP contribution < -0.4 is 4.74 Å². The van der Waals surface area contributed by atoms with Gasteiger partial charge in [0.15, 0.2) is 0 Å². The summed E-state index contributed by atoms with van der Waals surface area (Å²) in [5.74, 6) is 1.52. The van der Waals surface area contributed by atoms with Crippen molar-refractivity contribution in [2.24, 2.45) is 0 Å². The third kappa shape index (κ3) is 7.01. The summed E-state index contributed by atoms with van der Waals surface area (Å²) in [5.41, 5.74) is 1.35. The molecule has 0 bridgehead atoms. The van der Waals surface area contributed by atoms with E-state index in [0.717, 1.165) is 5.75 Å². The smallest absolute Gasteiger partial charge is 0.118 e. The molecular weight excluding hydrogens is 184 g/mol. The highest BCUT2D eigenvalue weighted by atomic mass is 16.5. The third-order valence-electron chi connectivity index (χ3n) is 1.78. The van der Waals surface area contributed by atoms with Gasteiger partial charge in [-0.05, 0) is 23.6 Å². The molecule has 0 saturated carbocycles. The zero-order valence-corrected chi connectivity index (χ0v) is 9.29. The van der Waals surface area contributed by atoms with Crippen LogP contribution in [0, 0.1) is 0 Å². The molecule has 0 radical (unpaired) electrons. The molecular formula is C14H28O. The largest absolute Gasteiger partial charge is 0.497 e. The molecule has 1 aromatic carbocycles. The van der Waals surface area contributed by atoms with Gasteiger partial charge in [-0.15, -0.1) is 0 Å². The second-order valence-corrected chi connectivity index (χ2v) is 2.93. The fourth-order valence-corrected chi connectivity index (χ4v) is 0.989. The van der Waals surface area contributed by atoms with Crippen LogP contribution in [0.1, 0.15) is 54.0 Å². The molecule has 0 N–H and O–H groups in total. The summed E-state index contributed by atoms with van der Waals surface area (Å²) >= 11 is 0. The zero-order chi connectivity index (χ0) is 10.3. The lowest BCUT2D eigenvalue weighted by atomic mass is 10.0. The maximum Gasteiger partial charge on any atom is 0.118 e. The van der Waals surface area contributed by atoms with E-state index in [2.05, 4.69) is 26.0 Å². The van der Waals surface area contributed by atoms with Gasteiger partial charge in [0.05, 0.1) is 7.11 Å². The molecule has 0 aromatic heterocycles. The Morgan fingerprint density at radius 3 is 1.60 bits per heavy atom. The molecule has 0 saturated heterocycles. The summed E-state index contributed by atoms with van der Waals surface area (Å²) in [7, 11) is 1.68. The number of ether oxygens (including phenoxy) is 1. The van der Waals surface area contributed by atoms with E-state index in [-0.39, 0.29) is 14.9 Å². The van der Waals surface area contributed by atoms with Crippen molar-refractivity contribution in [2.45, 2.75) is 48.5 Å². The number of hydrogen-bond donors (Lipinski definition) is 0. The van der Waals surface area contributed by atoms with Gasteiger partial charge in [0.25, 0.3) is 0 Å². The Kier molecular flexibility index (Phi) is 14.5. The second kappa shape index (κ2) is 11.1. The van der Waals surface area contributed by atoms with Crippen LogP contribution in [0.5, 0.6) is 5.75 Å². The van der Waals surface area contributed by atoms with Gasteiger partial charge in [0.2, 0.25) is 0 Å². The van der Waals surface area contributed by atoms with Crippen molar-refractivity contribution in [1.82, 2.24) is 0 Å². The summed E-state index contributed by atoms with van der Waals surface area (Å²) in [6, 6.07) is 8.19. The van der Waals surface area contributed by atoms with E-state index in [1.165, 1.54) is 5.56 Å². The molecule has 0 amide bonds. The van der Waals surface area contributed by atoms with E-state index in [1.54, 1.807) is 7.11 Å². The van der Waals surface area contributed by atoms with Crippen LogP contribution in [0.2, 0.25) is 0 Å². The second-order valence-electron chi connectivity index (χ2n) is 2.93. The van der Waals surface area contributed by atoms with Crippen LogP contribution in [-0.4, -0.2) is 7.11 Å². The van der Waals surface area contributed by atoms with Crippen molar-refractivity contribution >= 4 is 0 Å². The summed E-state index contributed by atoms with van der Waals surface area (Å²) < 4.78 is 5.05. The third-order valence-corrected chi connectivity index (χ3v) is 1.78. The minimum Gasteiger partial charge on any atom is -0.497 e. The predicted molar refractivity (Wildman–Crippen MR) is 71.9 cm³/mol. The first-order valence-electron chi connectivity index (χ1n) is 4.88. The number of hydrogen-bond acceptors (Lipinski definition) is 1. The zero-order valence-electron chi connectivity index (χ0n) is 9.29. The van der Waals surface area contributed by atoms with Gasteiger partial charge in [0.1, 0.15) is 5.75 Å². The van der Waals surface area contributed by atoms with E-state index in [0.29, 0.717) is 5.92 Å². The molecule has 0 fully saturated rings. The highest BCUT2D eigenvalue weighted by Gasteiger charge is 1.97.